The Hall–Kier alpha value is -2.18. The van der Waals surface area contributed by atoms with E-state index >= 15 is 0 Å². The number of ketones is 1. The van der Waals surface area contributed by atoms with E-state index in [9.17, 15) is 4.79 Å². The zero-order valence-electron chi connectivity index (χ0n) is 12.3. The molecule has 0 radical (unpaired) electrons. The smallest absolute Gasteiger partial charge is 0.214 e. The van der Waals surface area contributed by atoms with Crippen LogP contribution in [0.15, 0.2) is 53.7 Å². The molecule has 1 heterocycles. The fourth-order valence-electron chi connectivity index (χ4n) is 2.06. The first-order valence-corrected chi connectivity index (χ1v) is 8.27. The number of hydrogen-bond acceptors (Lipinski definition) is 5. The Morgan fingerprint density at radius 2 is 2.04 bits per heavy atom. The predicted molar refractivity (Wildman–Crippen MR) is 90.2 cm³/mol. The van der Waals surface area contributed by atoms with Gasteiger partial charge in [-0.05, 0) is 47.2 Å². The zero-order chi connectivity index (χ0) is 16.2. The number of aromatic nitrogens is 4. The molecule has 7 heteroatoms. The molecule has 0 atom stereocenters. The van der Waals surface area contributed by atoms with Crippen molar-refractivity contribution in [3.8, 4) is 5.69 Å². The first kappa shape index (κ1) is 15.7. The molecule has 23 heavy (non-hydrogen) atoms. The van der Waals surface area contributed by atoms with Gasteiger partial charge in [-0.25, -0.2) is 0 Å². The van der Waals surface area contributed by atoms with E-state index in [1.54, 1.807) is 16.8 Å². The maximum absolute atomic E-state index is 11.5. The summed E-state index contributed by atoms with van der Waals surface area (Å²) >= 11 is 7.50. The van der Waals surface area contributed by atoms with E-state index < -0.39 is 0 Å². The Kier molecular flexibility index (Phi) is 4.73. The number of carbonyl (C=O) groups excluding carboxylic acids is 1. The maximum atomic E-state index is 11.5. The van der Waals surface area contributed by atoms with Crippen LogP contribution in [-0.4, -0.2) is 26.0 Å². The van der Waals surface area contributed by atoms with Crippen LogP contribution in [0.1, 0.15) is 22.8 Å². The minimum atomic E-state index is 0.00746. The lowest BCUT2D eigenvalue weighted by Gasteiger charge is -2.06. The van der Waals surface area contributed by atoms with E-state index in [2.05, 4.69) is 15.5 Å². The number of carbonyl (C=O) groups is 1. The number of thioether (sulfide) groups is 1. The number of Topliss-reactive ketones (excluding diaryl/α,β-unsaturated/α-hetero) is 1. The van der Waals surface area contributed by atoms with Gasteiger partial charge >= 0.3 is 0 Å². The molecule has 0 amide bonds. The van der Waals surface area contributed by atoms with Gasteiger partial charge in [0.2, 0.25) is 5.16 Å². The van der Waals surface area contributed by atoms with Crippen LogP contribution in [0, 0.1) is 0 Å². The molecular weight excluding hydrogens is 332 g/mol. The van der Waals surface area contributed by atoms with Crippen molar-refractivity contribution >= 4 is 29.1 Å². The van der Waals surface area contributed by atoms with Gasteiger partial charge in [-0.15, -0.1) is 5.10 Å². The minimum absolute atomic E-state index is 0.00746. The molecule has 0 unspecified atom stereocenters. The molecule has 1 aromatic heterocycles. The summed E-state index contributed by atoms with van der Waals surface area (Å²) in [6, 6.07) is 14.9. The van der Waals surface area contributed by atoms with Gasteiger partial charge < -0.3 is 0 Å². The largest absolute Gasteiger partial charge is 0.295 e. The van der Waals surface area contributed by atoms with E-state index in [1.165, 1.54) is 18.7 Å². The maximum Gasteiger partial charge on any atom is 0.214 e. The van der Waals surface area contributed by atoms with Gasteiger partial charge in [0.15, 0.2) is 5.78 Å². The second kappa shape index (κ2) is 6.93. The third-order valence-electron chi connectivity index (χ3n) is 3.20. The summed E-state index contributed by atoms with van der Waals surface area (Å²) in [7, 11) is 0. The lowest BCUT2D eigenvalue weighted by molar-refractivity contribution is 0.101. The van der Waals surface area contributed by atoms with Crippen LogP contribution in [0.5, 0.6) is 0 Å². The Labute approximate surface area is 142 Å². The molecule has 0 aliphatic rings. The zero-order valence-corrected chi connectivity index (χ0v) is 13.9. The highest BCUT2D eigenvalue weighted by atomic mass is 35.5. The molecule has 2 aromatic carbocycles. The molecule has 116 valence electrons. The average molecular weight is 345 g/mol. The molecule has 0 bridgehead atoms. The third kappa shape index (κ3) is 3.78. The van der Waals surface area contributed by atoms with E-state index in [0.29, 0.717) is 21.5 Å². The SMILES string of the molecule is CC(=O)c1cccc(-n2nnnc2SCc2cccc(Cl)c2)c1. The van der Waals surface area contributed by atoms with Crippen molar-refractivity contribution in [2.24, 2.45) is 0 Å². The van der Waals surface area contributed by atoms with Crippen LogP contribution >= 0.6 is 23.4 Å². The number of nitrogens with zero attached hydrogens (tertiary/aromatic N) is 4. The van der Waals surface area contributed by atoms with Crippen molar-refractivity contribution in [2.45, 2.75) is 17.8 Å². The Morgan fingerprint density at radius 3 is 2.83 bits per heavy atom. The lowest BCUT2D eigenvalue weighted by atomic mass is 10.1. The first-order chi connectivity index (χ1) is 11.1. The van der Waals surface area contributed by atoms with Crippen molar-refractivity contribution in [1.29, 1.82) is 0 Å². The molecule has 0 spiro atoms. The number of rotatable bonds is 5. The molecule has 0 aliphatic heterocycles. The molecule has 5 nitrogen and oxygen atoms in total. The molecule has 0 N–H and O–H groups in total. The van der Waals surface area contributed by atoms with Crippen LogP contribution in [0.3, 0.4) is 0 Å². The summed E-state index contributed by atoms with van der Waals surface area (Å²) in [6.45, 7) is 1.54. The van der Waals surface area contributed by atoms with Crippen LogP contribution in [0.4, 0.5) is 0 Å². The van der Waals surface area contributed by atoms with Crippen LogP contribution in [0.25, 0.3) is 5.69 Å². The van der Waals surface area contributed by atoms with Gasteiger partial charge in [0.1, 0.15) is 0 Å². The van der Waals surface area contributed by atoms with Crippen LogP contribution in [-0.2, 0) is 5.75 Å². The van der Waals surface area contributed by atoms with Gasteiger partial charge in [0.05, 0.1) is 5.69 Å². The van der Waals surface area contributed by atoms with Crippen molar-refractivity contribution in [3.05, 3.63) is 64.7 Å². The van der Waals surface area contributed by atoms with Gasteiger partial charge in [-0.3, -0.25) is 4.79 Å². The summed E-state index contributed by atoms with van der Waals surface area (Å²) in [5, 5.41) is 13.2. The standard InChI is InChI=1S/C16H13ClN4OS/c1-11(22)13-5-3-7-15(9-13)21-16(18-19-20-21)23-10-12-4-2-6-14(17)8-12/h2-9H,10H2,1H3. The number of tetrazole rings is 1. The monoisotopic (exact) mass is 344 g/mol. The van der Waals surface area contributed by atoms with E-state index in [1.807, 2.05) is 36.4 Å². The molecule has 0 fully saturated rings. The fourth-order valence-corrected chi connectivity index (χ4v) is 3.11. The van der Waals surface area contributed by atoms with Gasteiger partial charge in [-0.2, -0.15) is 4.68 Å². The Balaban J connectivity index is 1.82. The number of halogens is 1. The summed E-state index contributed by atoms with van der Waals surface area (Å²) in [4.78, 5) is 11.5. The number of hydrogen-bond donors (Lipinski definition) is 0. The minimum Gasteiger partial charge on any atom is -0.295 e. The fraction of sp³-hybridized carbons (Fsp3) is 0.125. The van der Waals surface area contributed by atoms with Gasteiger partial charge in [0, 0.05) is 16.3 Å². The van der Waals surface area contributed by atoms with E-state index in [-0.39, 0.29) is 5.78 Å². The quantitative estimate of drug-likeness (QED) is 0.520. The van der Waals surface area contributed by atoms with Gasteiger partial charge in [0.25, 0.3) is 0 Å². The van der Waals surface area contributed by atoms with Crippen LogP contribution < -0.4 is 0 Å². The van der Waals surface area contributed by atoms with Gasteiger partial charge in [-0.1, -0.05) is 47.6 Å². The molecular formula is C16H13ClN4OS. The highest BCUT2D eigenvalue weighted by Gasteiger charge is 2.11. The normalized spacial score (nSPS) is 10.7. The van der Waals surface area contributed by atoms with Crippen molar-refractivity contribution < 1.29 is 4.79 Å². The van der Waals surface area contributed by atoms with E-state index in [4.69, 9.17) is 11.6 Å². The Morgan fingerprint density at radius 1 is 1.22 bits per heavy atom. The molecule has 0 aliphatic carbocycles. The van der Waals surface area contributed by atoms with Crippen molar-refractivity contribution in [3.63, 3.8) is 0 Å². The molecule has 3 rings (SSSR count). The lowest BCUT2D eigenvalue weighted by Crippen LogP contribution is -2.01. The summed E-state index contributed by atoms with van der Waals surface area (Å²) in [5.74, 6) is 0.709. The van der Waals surface area contributed by atoms with Crippen molar-refractivity contribution in [1.82, 2.24) is 20.2 Å². The highest BCUT2D eigenvalue weighted by Crippen LogP contribution is 2.24. The molecule has 3 aromatic rings. The highest BCUT2D eigenvalue weighted by molar-refractivity contribution is 7.98. The second-order valence-corrected chi connectivity index (χ2v) is 6.28. The topological polar surface area (TPSA) is 60.7 Å². The second-order valence-electron chi connectivity index (χ2n) is 4.90. The molecule has 0 saturated carbocycles. The Bertz CT molecular complexity index is 849. The van der Waals surface area contributed by atoms with Crippen LogP contribution in [0.2, 0.25) is 5.02 Å². The van der Waals surface area contributed by atoms with E-state index in [0.717, 1.165) is 11.3 Å². The predicted octanol–water partition coefficient (Wildman–Crippen LogP) is 3.81. The summed E-state index contributed by atoms with van der Waals surface area (Å²) in [6.07, 6.45) is 0. The summed E-state index contributed by atoms with van der Waals surface area (Å²) in [5.41, 5.74) is 2.48. The first-order valence-electron chi connectivity index (χ1n) is 6.90. The third-order valence-corrected chi connectivity index (χ3v) is 4.42. The average Bonchev–Trinajstić information content (AvgIpc) is 3.01. The molecule has 0 saturated heterocycles. The van der Waals surface area contributed by atoms with Crippen molar-refractivity contribution in [2.75, 3.05) is 0 Å². The number of benzene rings is 2. The summed E-state index contributed by atoms with van der Waals surface area (Å²) < 4.78 is 1.63.